The number of benzene rings is 2. The Labute approximate surface area is 160 Å². The van der Waals surface area contributed by atoms with Gasteiger partial charge in [0.15, 0.2) is 21.8 Å². The first-order chi connectivity index (χ1) is 13.1. The van der Waals surface area contributed by atoms with E-state index in [-0.39, 0.29) is 21.8 Å². The molecule has 0 aliphatic heterocycles. The highest BCUT2D eigenvalue weighted by Gasteiger charge is 2.25. The third-order valence-corrected chi connectivity index (χ3v) is 5.43. The number of sulfone groups is 1. The molecule has 0 radical (unpaired) electrons. The van der Waals surface area contributed by atoms with Crippen molar-refractivity contribution in [3.63, 3.8) is 0 Å². The number of esters is 1. The molecule has 0 aliphatic carbocycles. The summed E-state index contributed by atoms with van der Waals surface area (Å²) in [6, 6.07) is 10.5. The van der Waals surface area contributed by atoms with E-state index in [1.807, 2.05) is 0 Å². The van der Waals surface area contributed by atoms with E-state index >= 15 is 0 Å². The average molecular weight is 408 g/mol. The molecule has 0 aliphatic rings. The van der Waals surface area contributed by atoms with Crippen LogP contribution in [0.3, 0.4) is 0 Å². The fourth-order valence-electron chi connectivity index (χ4n) is 2.88. The molecule has 1 heterocycles. The fraction of sp³-hybridized carbons (Fsp3) is 0.263. The average Bonchev–Trinajstić information content (AvgIpc) is 3.00. The van der Waals surface area contributed by atoms with Gasteiger partial charge in [-0.3, -0.25) is 4.57 Å². The molecule has 1 unspecified atom stereocenters. The Morgan fingerprint density at radius 2 is 1.86 bits per heavy atom. The van der Waals surface area contributed by atoms with Crippen LogP contribution in [0.5, 0.6) is 0 Å². The topological polar surface area (TPSA) is 78.3 Å². The maximum atomic E-state index is 13.6. The summed E-state index contributed by atoms with van der Waals surface area (Å²) in [7, 11) is -3.51. The van der Waals surface area contributed by atoms with Gasteiger partial charge in [0.25, 0.3) is 0 Å². The largest absolute Gasteiger partial charge is 0.451 e. The van der Waals surface area contributed by atoms with Gasteiger partial charge in [-0.25, -0.2) is 18.2 Å². The molecule has 0 amide bonds. The minimum absolute atomic E-state index is 0.0301. The fourth-order valence-corrected chi connectivity index (χ4v) is 3.53. The van der Waals surface area contributed by atoms with Gasteiger partial charge in [0.1, 0.15) is 0 Å². The molecule has 3 aromatic rings. The first kappa shape index (κ1) is 19.9. The van der Waals surface area contributed by atoms with Crippen molar-refractivity contribution in [1.82, 2.24) is 9.55 Å². The number of halogens is 2. The summed E-state index contributed by atoms with van der Waals surface area (Å²) in [6.45, 7) is 0.203. The zero-order valence-corrected chi connectivity index (χ0v) is 16.2. The summed E-state index contributed by atoms with van der Waals surface area (Å²) >= 11 is 0. The molecule has 9 heteroatoms. The van der Waals surface area contributed by atoms with Crippen molar-refractivity contribution < 1.29 is 26.7 Å². The predicted octanol–water partition coefficient (Wildman–Crippen LogP) is 4.06. The van der Waals surface area contributed by atoms with Crippen molar-refractivity contribution in [2.75, 3.05) is 6.26 Å². The number of para-hydroxylation sites is 2. The number of hydrogen-bond acceptors (Lipinski definition) is 5. The molecule has 0 bridgehead atoms. The molecule has 1 aromatic heterocycles. The molecule has 6 nitrogen and oxygen atoms in total. The molecule has 3 rings (SSSR count). The summed E-state index contributed by atoms with van der Waals surface area (Å²) in [4.78, 5) is 16.7. The van der Waals surface area contributed by atoms with Crippen LogP contribution in [0.1, 0.15) is 41.3 Å². The number of imidazole rings is 1. The smallest absolute Gasteiger partial charge is 0.339 e. The van der Waals surface area contributed by atoms with Crippen molar-refractivity contribution in [1.29, 1.82) is 0 Å². The van der Waals surface area contributed by atoms with Crippen LogP contribution in [-0.4, -0.2) is 30.2 Å². The molecular weight excluding hydrogens is 390 g/mol. The lowest BCUT2D eigenvalue weighted by Crippen LogP contribution is -2.16. The highest BCUT2D eigenvalue weighted by molar-refractivity contribution is 7.90. The summed E-state index contributed by atoms with van der Waals surface area (Å²) in [6.07, 6.45) is -0.0457. The molecule has 0 saturated heterocycles. The summed E-state index contributed by atoms with van der Waals surface area (Å²) in [5.41, 5.74) is 1.14. The lowest BCUT2D eigenvalue weighted by Gasteiger charge is -2.16. The molecular formula is C19H18F2N2O4S. The van der Waals surface area contributed by atoms with Crippen LogP contribution in [-0.2, 0) is 14.6 Å². The van der Waals surface area contributed by atoms with E-state index in [1.54, 1.807) is 25.1 Å². The number of carbonyl (C=O) groups excluding carboxylic acids is 1. The van der Waals surface area contributed by atoms with Crippen LogP contribution in [0.2, 0.25) is 0 Å². The van der Waals surface area contributed by atoms with Gasteiger partial charge in [0.05, 0.1) is 21.5 Å². The van der Waals surface area contributed by atoms with E-state index in [1.165, 1.54) is 31.2 Å². The van der Waals surface area contributed by atoms with Gasteiger partial charge in [-0.2, -0.15) is 8.78 Å². The molecule has 0 saturated carbocycles. The van der Waals surface area contributed by atoms with Crippen LogP contribution >= 0.6 is 0 Å². The molecule has 0 spiro atoms. The van der Waals surface area contributed by atoms with Crippen molar-refractivity contribution in [2.45, 2.75) is 31.4 Å². The number of alkyl halides is 2. The number of aryl methyl sites for hydroxylation is 1. The van der Waals surface area contributed by atoms with Crippen molar-refractivity contribution in [3.05, 3.63) is 59.4 Å². The van der Waals surface area contributed by atoms with Crippen LogP contribution < -0.4 is 0 Å². The Kier molecular flexibility index (Phi) is 5.20. The van der Waals surface area contributed by atoms with Crippen LogP contribution in [0.4, 0.5) is 8.78 Å². The molecule has 148 valence electrons. The Bertz CT molecular complexity index is 1160. The van der Waals surface area contributed by atoms with E-state index in [0.717, 1.165) is 6.26 Å². The number of hydrogen-bond donors (Lipinski definition) is 0. The number of fused-ring (bicyclic) bond motifs is 1. The van der Waals surface area contributed by atoms with Gasteiger partial charge in [-0.15, -0.1) is 0 Å². The monoisotopic (exact) mass is 408 g/mol. The van der Waals surface area contributed by atoms with E-state index in [9.17, 15) is 22.0 Å². The van der Waals surface area contributed by atoms with Gasteiger partial charge in [-0.05, 0) is 43.7 Å². The summed E-state index contributed by atoms with van der Waals surface area (Å²) in [5, 5.41) is 0. The van der Waals surface area contributed by atoms with Crippen LogP contribution in [0.15, 0.2) is 47.4 Å². The Hall–Kier alpha value is -2.81. The lowest BCUT2D eigenvalue weighted by molar-refractivity contribution is 0.0232. The maximum Gasteiger partial charge on any atom is 0.339 e. The molecule has 28 heavy (non-hydrogen) atoms. The maximum absolute atomic E-state index is 13.6. The SMILES string of the molecule is Cc1ccc(S(C)(=O)=O)cc1C(=O)OC(C)c1nc2ccccc2n1C(F)F. The van der Waals surface area contributed by atoms with Gasteiger partial charge >= 0.3 is 12.5 Å². The number of ether oxygens (including phenoxy) is 1. The highest BCUT2D eigenvalue weighted by atomic mass is 32.2. The third kappa shape index (κ3) is 3.75. The standard InChI is InChI=1S/C19H18F2N2O4S/c1-11-8-9-13(28(3,25)26)10-14(11)18(24)27-12(2)17-22-15-6-4-5-7-16(15)23(17)19(20)21/h4-10,12,19H,1-3H3. The number of rotatable bonds is 5. The Balaban J connectivity index is 1.96. The second-order valence-corrected chi connectivity index (χ2v) is 8.42. The minimum atomic E-state index is -3.51. The van der Waals surface area contributed by atoms with Gasteiger partial charge in [0.2, 0.25) is 0 Å². The van der Waals surface area contributed by atoms with Crippen molar-refractivity contribution >= 4 is 26.8 Å². The second kappa shape index (κ2) is 7.31. The predicted molar refractivity (Wildman–Crippen MR) is 99.1 cm³/mol. The molecule has 2 aromatic carbocycles. The van der Waals surface area contributed by atoms with Gasteiger partial charge < -0.3 is 4.74 Å². The first-order valence-corrected chi connectivity index (χ1v) is 10.3. The summed E-state index contributed by atoms with van der Waals surface area (Å²) in [5.74, 6) is -0.912. The zero-order chi connectivity index (χ0) is 20.6. The van der Waals surface area contributed by atoms with Crippen LogP contribution in [0, 0.1) is 6.92 Å². The zero-order valence-electron chi connectivity index (χ0n) is 15.4. The second-order valence-electron chi connectivity index (χ2n) is 6.40. The molecule has 0 fully saturated rings. The van der Waals surface area contributed by atoms with E-state index in [4.69, 9.17) is 4.74 Å². The minimum Gasteiger partial charge on any atom is -0.451 e. The normalized spacial score (nSPS) is 13.1. The Morgan fingerprint density at radius 1 is 1.18 bits per heavy atom. The van der Waals surface area contributed by atoms with Gasteiger partial charge in [0, 0.05) is 6.26 Å². The third-order valence-electron chi connectivity index (χ3n) is 4.32. The quantitative estimate of drug-likeness (QED) is 0.595. The van der Waals surface area contributed by atoms with Crippen molar-refractivity contribution in [3.8, 4) is 0 Å². The van der Waals surface area contributed by atoms with Crippen LogP contribution in [0.25, 0.3) is 11.0 Å². The van der Waals surface area contributed by atoms with Gasteiger partial charge in [-0.1, -0.05) is 18.2 Å². The first-order valence-electron chi connectivity index (χ1n) is 8.36. The lowest BCUT2D eigenvalue weighted by atomic mass is 10.1. The number of aromatic nitrogens is 2. The Morgan fingerprint density at radius 3 is 2.50 bits per heavy atom. The van der Waals surface area contributed by atoms with Crippen molar-refractivity contribution in [2.24, 2.45) is 0 Å². The number of nitrogens with zero attached hydrogens (tertiary/aromatic N) is 2. The van der Waals surface area contributed by atoms with E-state index < -0.39 is 28.5 Å². The van der Waals surface area contributed by atoms with E-state index in [2.05, 4.69) is 4.98 Å². The molecule has 0 N–H and O–H groups in total. The summed E-state index contributed by atoms with van der Waals surface area (Å²) < 4.78 is 56.7. The number of carbonyl (C=O) groups is 1. The molecule has 1 atom stereocenters. The highest BCUT2D eigenvalue weighted by Crippen LogP contribution is 2.29. The van der Waals surface area contributed by atoms with E-state index in [0.29, 0.717) is 15.6 Å².